The molecule has 0 radical (unpaired) electrons. The van der Waals surface area contributed by atoms with Crippen molar-refractivity contribution >= 4 is 17.7 Å². The second-order valence-electron chi connectivity index (χ2n) is 6.41. The SMILES string of the molecule is CCOC(=O)Nc1ccc(C(=O)NCCCN2CCCC[C@@H]2C)cc1. The van der Waals surface area contributed by atoms with Crippen LogP contribution in [0.1, 0.15) is 49.9 Å². The minimum absolute atomic E-state index is 0.0885. The summed E-state index contributed by atoms with van der Waals surface area (Å²) in [7, 11) is 0. The summed E-state index contributed by atoms with van der Waals surface area (Å²) in [6.45, 7) is 7.23. The van der Waals surface area contributed by atoms with Gasteiger partial charge in [-0.15, -0.1) is 0 Å². The first-order valence-electron chi connectivity index (χ1n) is 9.16. The molecular weight excluding hydrogens is 318 g/mol. The zero-order valence-corrected chi connectivity index (χ0v) is 15.2. The van der Waals surface area contributed by atoms with Gasteiger partial charge in [-0.3, -0.25) is 10.1 Å². The lowest BCUT2D eigenvalue weighted by Crippen LogP contribution is -2.39. The number of hydrogen-bond acceptors (Lipinski definition) is 4. The van der Waals surface area contributed by atoms with Gasteiger partial charge in [0.2, 0.25) is 0 Å². The highest BCUT2D eigenvalue weighted by atomic mass is 16.5. The predicted octanol–water partition coefficient (Wildman–Crippen LogP) is 3.25. The van der Waals surface area contributed by atoms with Crippen LogP contribution in [-0.4, -0.2) is 49.2 Å². The molecule has 0 unspecified atom stereocenters. The van der Waals surface area contributed by atoms with Crippen LogP contribution in [0.25, 0.3) is 0 Å². The van der Waals surface area contributed by atoms with E-state index < -0.39 is 6.09 Å². The molecule has 1 aliphatic heterocycles. The fourth-order valence-electron chi connectivity index (χ4n) is 3.07. The predicted molar refractivity (Wildman–Crippen MR) is 98.9 cm³/mol. The van der Waals surface area contributed by atoms with Crippen LogP contribution in [-0.2, 0) is 4.74 Å². The summed E-state index contributed by atoms with van der Waals surface area (Å²) in [4.78, 5) is 26.0. The number of amides is 2. The first-order chi connectivity index (χ1) is 12.1. The molecule has 0 aliphatic carbocycles. The molecule has 6 nitrogen and oxygen atoms in total. The molecule has 1 aromatic rings. The number of carbonyl (C=O) groups is 2. The first-order valence-corrected chi connectivity index (χ1v) is 9.16. The Balaban J connectivity index is 1.70. The average molecular weight is 347 g/mol. The van der Waals surface area contributed by atoms with E-state index in [2.05, 4.69) is 22.5 Å². The Morgan fingerprint density at radius 2 is 2.00 bits per heavy atom. The van der Waals surface area contributed by atoms with Crippen molar-refractivity contribution in [3.63, 3.8) is 0 Å². The van der Waals surface area contributed by atoms with Crippen LogP contribution < -0.4 is 10.6 Å². The molecule has 0 aromatic heterocycles. The van der Waals surface area contributed by atoms with Crippen molar-refractivity contribution in [2.45, 2.75) is 45.6 Å². The van der Waals surface area contributed by atoms with E-state index in [0.29, 0.717) is 30.4 Å². The second-order valence-corrected chi connectivity index (χ2v) is 6.41. The van der Waals surface area contributed by atoms with Crippen molar-refractivity contribution in [2.24, 2.45) is 0 Å². The molecular formula is C19H29N3O3. The van der Waals surface area contributed by atoms with Gasteiger partial charge in [0, 0.05) is 30.4 Å². The van der Waals surface area contributed by atoms with Gasteiger partial charge < -0.3 is 15.0 Å². The summed E-state index contributed by atoms with van der Waals surface area (Å²) in [5.74, 6) is -0.0885. The van der Waals surface area contributed by atoms with E-state index in [0.717, 1.165) is 13.0 Å². The number of ether oxygens (including phenoxy) is 1. The van der Waals surface area contributed by atoms with Crippen molar-refractivity contribution in [3.8, 4) is 0 Å². The number of nitrogens with zero attached hydrogens (tertiary/aromatic N) is 1. The van der Waals surface area contributed by atoms with Gasteiger partial charge in [0.1, 0.15) is 0 Å². The summed E-state index contributed by atoms with van der Waals surface area (Å²) in [5, 5.41) is 5.56. The summed E-state index contributed by atoms with van der Waals surface area (Å²) < 4.78 is 4.81. The fraction of sp³-hybridized carbons (Fsp3) is 0.579. The number of rotatable bonds is 7. The Morgan fingerprint density at radius 3 is 2.68 bits per heavy atom. The van der Waals surface area contributed by atoms with Gasteiger partial charge in [-0.1, -0.05) is 6.42 Å². The maximum Gasteiger partial charge on any atom is 0.411 e. The van der Waals surface area contributed by atoms with E-state index in [1.165, 1.54) is 25.8 Å². The fourth-order valence-corrected chi connectivity index (χ4v) is 3.07. The van der Waals surface area contributed by atoms with Gasteiger partial charge in [-0.2, -0.15) is 0 Å². The third-order valence-electron chi connectivity index (χ3n) is 4.52. The third kappa shape index (κ3) is 6.38. The summed E-state index contributed by atoms with van der Waals surface area (Å²) >= 11 is 0. The molecule has 25 heavy (non-hydrogen) atoms. The molecule has 1 saturated heterocycles. The van der Waals surface area contributed by atoms with Crippen molar-refractivity contribution in [2.75, 3.05) is 31.6 Å². The Hall–Kier alpha value is -2.08. The number of hydrogen-bond donors (Lipinski definition) is 2. The van der Waals surface area contributed by atoms with Gasteiger partial charge >= 0.3 is 6.09 Å². The van der Waals surface area contributed by atoms with Gasteiger partial charge in [0.15, 0.2) is 0 Å². The van der Waals surface area contributed by atoms with Gasteiger partial charge in [-0.05, 0) is 63.9 Å². The van der Waals surface area contributed by atoms with Crippen molar-refractivity contribution in [1.82, 2.24) is 10.2 Å². The van der Waals surface area contributed by atoms with Crippen molar-refractivity contribution < 1.29 is 14.3 Å². The molecule has 0 spiro atoms. The minimum atomic E-state index is -0.494. The summed E-state index contributed by atoms with van der Waals surface area (Å²) in [6.07, 6.45) is 4.35. The molecule has 1 fully saturated rings. The third-order valence-corrected chi connectivity index (χ3v) is 4.52. The number of likely N-dealkylation sites (tertiary alicyclic amines) is 1. The van der Waals surface area contributed by atoms with Gasteiger partial charge in [0.25, 0.3) is 5.91 Å². The molecule has 0 bridgehead atoms. The molecule has 6 heteroatoms. The normalized spacial score (nSPS) is 17.8. The average Bonchev–Trinajstić information content (AvgIpc) is 2.61. The Labute approximate surface area is 149 Å². The lowest BCUT2D eigenvalue weighted by Gasteiger charge is -2.33. The summed E-state index contributed by atoms with van der Waals surface area (Å²) in [5.41, 5.74) is 1.19. The first kappa shape index (κ1) is 19.2. The zero-order chi connectivity index (χ0) is 18.1. The lowest BCUT2D eigenvalue weighted by molar-refractivity contribution is 0.0949. The van der Waals surface area contributed by atoms with Crippen LogP contribution in [0.2, 0.25) is 0 Å². The van der Waals surface area contributed by atoms with Crippen LogP contribution in [0, 0.1) is 0 Å². The highest BCUT2D eigenvalue weighted by Gasteiger charge is 2.17. The maximum absolute atomic E-state index is 12.2. The quantitative estimate of drug-likeness (QED) is 0.743. The zero-order valence-electron chi connectivity index (χ0n) is 15.2. The summed E-state index contributed by atoms with van der Waals surface area (Å²) in [6, 6.07) is 7.44. The molecule has 2 rings (SSSR count). The standard InChI is InChI=1S/C19H29N3O3/c1-3-25-19(24)21-17-10-8-16(9-11-17)18(23)20-12-6-14-22-13-5-4-7-15(22)2/h8-11,15H,3-7,12-14H2,1-2H3,(H,20,23)(H,21,24)/t15-/m0/s1. The second kappa shape index (κ2) is 10.0. The molecule has 1 atom stereocenters. The largest absolute Gasteiger partial charge is 0.450 e. The molecule has 2 amide bonds. The monoisotopic (exact) mass is 347 g/mol. The Kier molecular flexibility index (Phi) is 7.73. The Bertz CT molecular complexity index is 560. The smallest absolute Gasteiger partial charge is 0.411 e. The van der Waals surface area contributed by atoms with E-state index in [4.69, 9.17) is 4.74 Å². The minimum Gasteiger partial charge on any atom is -0.450 e. The highest BCUT2D eigenvalue weighted by molar-refractivity contribution is 5.95. The Morgan fingerprint density at radius 1 is 1.24 bits per heavy atom. The molecule has 0 saturated carbocycles. The van der Waals surface area contributed by atoms with E-state index in [1.54, 1.807) is 31.2 Å². The number of anilines is 1. The number of nitrogens with one attached hydrogen (secondary N) is 2. The van der Waals surface area contributed by atoms with Crippen molar-refractivity contribution in [3.05, 3.63) is 29.8 Å². The molecule has 2 N–H and O–H groups in total. The molecule has 1 aromatic carbocycles. The van der Waals surface area contributed by atoms with Crippen molar-refractivity contribution in [1.29, 1.82) is 0 Å². The molecule has 1 heterocycles. The van der Waals surface area contributed by atoms with Crippen LogP contribution in [0.4, 0.5) is 10.5 Å². The number of carbonyl (C=O) groups excluding carboxylic acids is 2. The number of benzene rings is 1. The lowest BCUT2D eigenvalue weighted by atomic mass is 10.0. The van der Waals surface area contributed by atoms with Crippen LogP contribution in [0.5, 0.6) is 0 Å². The van der Waals surface area contributed by atoms with Crippen LogP contribution in [0.3, 0.4) is 0 Å². The van der Waals surface area contributed by atoms with Gasteiger partial charge in [-0.25, -0.2) is 4.79 Å². The van der Waals surface area contributed by atoms with E-state index >= 15 is 0 Å². The topological polar surface area (TPSA) is 70.7 Å². The van der Waals surface area contributed by atoms with E-state index in [9.17, 15) is 9.59 Å². The van der Waals surface area contributed by atoms with Crippen LogP contribution >= 0.6 is 0 Å². The van der Waals surface area contributed by atoms with E-state index in [1.807, 2.05) is 0 Å². The molecule has 138 valence electrons. The maximum atomic E-state index is 12.2. The van der Waals surface area contributed by atoms with E-state index in [-0.39, 0.29) is 5.91 Å². The number of piperidine rings is 1. The van der Waals surface area contributed by atoms with Crippen LogP contribution in [0.15, 0.2) is 24.3 Å². The molecule has 1 aliphatic rings. The highest BCUT2D eigenvalue weighted by Crippen LogP contribution is 2.16. The van der Waals surface area contributed by atoms with Gasteiger partial charge in [0.05, 0.1) is 6.61 Å².